The number of hydrogen-bond donors (Lipinski definition) is 1. The summed E-state index contributed by atoms with van der Waals surface area (Å²) >= 11 is 1.62. The number of para-hydroxylation sites is 1. The highest BCUT2D eigenvalue weighted by molar-refractivity contribution is 7.89. The summed E-state index contributed by atoms with van der Waals surface area (Å²) in [6, 6.07) is 16.6. The van der Waals surface area contributed by atoms with E-state index >= 15 is 0 Å². The fourth-order valence-corrected chi connectivity index (χ4v) is 5.38. The van der Waals surface area contributed by atoms with E-state index in [9.17, 15) is 13.2 Å². The third-order valence-electron chi connectivity index (χ3n) is 5.51. The van der Waals surface area contributed by atoms with Gasteiger partial charge in [-0.1, -0.05) is 18.2 Å². The van der Waals surface area contributed by atoms with Gasteiger partial charge in [-0.3, -0.25) is 4.79 Å². The fourth-order valence-electron chi connectivity index (χ4n) is 3.74. The van der Waals surface area contributed by atoms with Crippen LogP contribution in [0.1, 0.15) is 15.2 Å². The predicted octanol–water partition coefficient (Wildman–Crippen LogP) is 3.83. The molecule has 0 saturated carbocycles. The first-order chi connectivity index (χ1) is 15.3. The summed E-state index contributed by atoms with van der Waals surface area (Å²) in [5.41, 5.74) is 2.89. The average molecular weight is 471 g/mol. The van der Waals surface area contributed by atoms with Gasteiger partial charge in [0.1, 0.15) is 0 Å². The van der Waals surface area contributed by atoms with Crippen LogP contribution < -0.4 is 10.2 Å². The number of thiophene rings is 1. The highest BCUT2D eigenvalue weighted by Gasteiger charge is 2.25. The number of nitrogens with zero attached hydrogens (tertiary/aromatic N) is 3. The number of nitrogens with one attached hydrogen (secondary N) is 1. The standard InChI is InChI=1S/C23H26N4O3S2/c1-25(2)32(29,30)18-10-11-22-20(15-18)24-12-13-27(16-17-7-6-14-31-17)23(28)19-8-4-5-9-21(19)26(22)3/h4-11,14-15,24H,12-13,16H2,1-3H3. The molecule has 1 amide bonds. The smallest absolute Gasteiger partial charge is 0.256 e. The van der Waals surface area contributed by atoms with E-state index in [1.165, 1.54) is 18.4 Å². The molecule has 168 valence electrons. The number of benzene rings is 2. The topological polar surface area (TPSA) is 73.0 Å². The van der Waals surface area contributed by atoms with Gasteiger partial charge in [0, 0.05) is 39.1 Å². The molecule has 0 fully saturated rings. The molecule has 0 unspecified atom stereocenters. The second-order valence-corrected chi connectivity index (χ2v) is 11.0. The van der Waals surface area contributed by atoms with Gasteiger partial charge in [-0.15, -0.1) is 11.3 Å². The first kappa shape index (κ1) is 22.3. The normalized spacial score (nSPS) is 14.7. The second kappa shape index (κ2) is 8.93. The van der Waals surface area contributed by atoms with Gasteiger partial charge in [-0.2, -0.15) is 0 Å². The van der Waals surface area contributed by atoms with Crippen molar-refractivity contribution in [1.82, 2.24) is 9.21 Å². The van der Waals surface area contributed by atoms with Gasteiger partial charge in [-0.25, -0.2) is 12.7 Å². The summed E-state index contributed by atoms with van der Waals surface area (Å²) in [4.78, 5) is 18.6. The van der Waals surface area contributed by atoms with Crippen LogP contribution in [0.25, 0.3) is 0 Å². The van der Waals surface area contributed by atoms with Gasteiger partial charge in [0.15, 0.2) is 0 Å². The molecule has 32 heavy (non-hydrogen) atoms. The maximum Gasteiger partial charge on any atom is 0.256 e. The molecule has 2 heterocycles. The summed E-state index contributed by atoms with van der Waals surface area (Å²) in [5.74, 6) is -0.0297. The molecule has 0 spiro atoms. The number of carbonyl (C=O) groups excluding carboxylic acids is 1. The lowest BCUT2D eigenvalue weighted by molar-refractivity contribution is 0.0752. The van der Waals surface area contributed by atoms with Crippen LogP contribution in [0.2, 0.25) is 0 Å². The lowest BCUT2D eigenvalue weighted by Gasteiger charge is -2.30. The minimum absolute atomic E-state index is 0.0297. The van der Waals surface area contributed by atoms with Crippen LogP contribution >= 0.6 is 11.3 Å². The number of fused-ring (bicyclic) bond motifs is 2. The largest absolute Gasteiger partial charge is 0.382 e. The Hall–Kier alpha value is -2.88. The SMILES string of the molecule is CN1c2ccc(S(=O)(=O)N(C)C)cc2NCCN(Cc2cccs2)C(=O)c2ccccc21. The molecule has 1 N–H and O–H groups in total. The Balaban J connectivity index is 1.79. The minimum Gasteiger partial charge on any atom is -0.382 e. The first-order valence-electron chi connectivity index (χ1n) is 10.2. The van der Waals surface area contributed by atoms with Crippen LogP contribution in [-0.2, 0) is 16.6 Å². The average Bonchev–Trinajstić information content (AvgIpc) is 3.30. The maximum absolute atomic E-state index is 13.5. The van der Waals surface area contributed by atoms with E-state index in [2.05, 4.69) is 5.32 Å². The van der Waals surface area contributed by atoms with Crippen molar-refractivity contribution < 1.29 is 13.2 Å². The Morgan fingerprint density at radius 3 is 2.56 bits per heavy atom. The number of hydrogen-bond acceptors (Lipinski definition) is 6. The summed E-state index contributed by atoms with van der Waals surface area (Å²) in [7, 11) is 1.36. The zero-order valence-electron chi connectivity index (χ0n) is 18.3. The first-order valence-corrected chi connectivity index (χ1v) is 12.6. The van der Waals surface area contributed by atoms with E-state index in [0.29, 0.717) is 30.9 Å². The van der Waals surface area contributed by atoms with E-state index in [1.54, 1.807) is 29.5 Å². The quantitative estimate of drug-likeness (QED) is 0.627. The highest BCUT2D eigenvalue weighted by Crippen LogP contribution is 2.36. The van der Waals surface area contributed by atoms with Gasteiger partial charge < -0.3 is 15.1 Å². The van der Waals surface area contributed by atoms with Gasteiger partial charge in [0.05, 0.1) is 34.1 Å². The van der Waals surface area contributed by atoms with Gasteiger partial charge >= 0.3 is 0 Å². The summed E-state index contributed by atoms with van der Waals surface area (Å²) in [6.45, 7) is 1.50. The van der Waals surface area contributed by atoms with E-state index < -0.39 is 10.0 Å². The zero-order valence-corrected chi connectivity index (χ0v) is 19.9. The number of carbonyl (C=O) groups is 1. The molecular weight excluding hydrogens is 444 g/mol. The van der Waals surface area contributed by atoms with Crippen molar-refractivity contribution in [2.24, 2.45) is 0 Å². The molecule has 4 rings (SSSR count). The summed E-state index contributed by atoms with van der Waals surface area (Å²) in [6.07, 6.45) is 0. The van der Waals surface area contributed by atoms with Crippen LogP contribution in [0.15, 0.2) is 64.9 Å². The lowest BCUT2D eigenvalue weighted by Crippen LogP contribution is -2.36. The number of anilines is 3. The number of sulfonamides is 1. The molecule has 0 aliphatic carbocycles. The van der Waals surface area contributed by atoms with E-state index in [1.807, 2.05) is 58.6 Å². The molecule has 1 aliphatic rings. The summed E-state index contributed by atoms with van der Waals surface area (Å²) < 4.78 is 26.6. The van der Waals surface area contributed by atoms with Crippen molar-refractivity contribution >= 4 is 44.3 Å². The molecule has 1 aromatic heterocycles. The minimum atomic E-state index is -3.57. The molecule has 3 aromatic rings. The van der Waals surface area contributed by atoms with Gasteiger partial charge in [0.25, 0.3) is 5.91 Å². The Morgan fingerprint density at radius 1 is 1.06 bits per heavy atom. The van der Waals surface area contributed by atoms with Gasteiger partial charge in [-0.05, 0) is 41.8 Å². The fraction of sp³-hybridized carbons (Fsp3) is 0.261. The lowest BCUT2D eigenvalue weighted by atomic mass is 10.1. The van der Waals surface area contributed by atoms with Crippen LogP contribution in [0.5, 0.6) is 0 Å². The Labute approximate surface area is 192 Å². The number of amides is 1. The maximum atomic E-state index is 13.5. The third-order valence-corrected chi connectivity index (χ3v) is 8.19. The van der Waals surface area contributed by atoms with Crippen molar-refractivity contribution in [2.75, 3.05) is 44.4 Å². The third kappa shape index (κ3) is 4.23. The van der Waals surface area contributed by atoms with Crippen molar-refractivity contribution in [3.63, 3.8) is 0 Å². The van der Waals surface area contributed by atoms with Crippen molar-refractivity contribution in [2.45, 2.75) is 11.4 Å². The van der Waals surface area contributed by atoms with E-state index in [-0.39, 0.29) is 10.8 Å². The Kier molecular flexibility index (Phi) is 6.23. The van der Waals surface area contributed by atoms with Gasteiger partial charge in [0.2, 0.25) is 10.0 Å². The van der Waals surface area contributed by atoms with E-state index in [0.717, 1.165) is 16.3 Å². The second-order valence-electron chi connectivity index (χ2n) is 7.78. The van der Waals surface area contributed by atoms with Crippen molar-refractivity contribution in [1.29, 1.82) is 0 Å². The van der Waals surface area contributed by atoms with Crippen LogP contribution in [-0.4, -0.2) is 57.8 Å². The molecule has 1 aliphatic heterocycles. The molecular formula is C23H26N4O3S2. The highest BCUT2D eigenvalue weighted by atomic mass is 32.2. The Morgan fingerprint density at radius 2 is 1.84 bits per heavy atom. The molecule has 0 bridgehead atoms. The molecule has 9 heteroatoms. The van der Waals surface area contributed by atoms with Crippen molar-refractivity contribution in [3.8, 4) is 0 Å². The molecule has 7 nitrogen and oxygen atoms in total. The molecule has 2 aromatic carbocycles. The van der Waals surface area contributed by atoms with Crippen LogP contribution in [0.4, 0.5) is 17.1 Å². The predicted molar refractivity (Wildman–Crippen MR) is 129 cm³/mol. The molecule has 0 radical (unpaired) electrons. The van der Waals surface area contributed by atoms with Crippen LogP contribution in [0.3, 0.4) is 0 Å². The summed E-state index contributed by atoms with van der Waals surface area (Å²) in [5, 5.41) is 5.36. The van der Waals surface area contributed by atoms with Crippen LogP contribution in [0, 0.1) is 0 Å². The molecule has 0 saturated heterocycles. The number of rotatable bonds is 4. The van der Waals surface area contributed by atoms with Crippen molar-refractivity contribution in [3.05, 3.63) is 70.4 Å². The molecule has 0 atom stereocenters. The Bertz CT molecular complexity index is 1220. The monoisotopic (exact) mass is 470 g/mol. The van der Waals surface area contributed by atoms with E-state index in [4.69, 9.17) is 0 Å². The zero-order chi connectivity index (χ0) is 22.9.